The van der Waals surface area contributed by atoms with Gasteiger partial charge in [-0.25, -0.2) is 9.59 Å². The van der Waals surface area contributed by atoms with Gasteiger partial charge in [0.25, 0.3) is 0 Å². The van der Waals surface area contributed by atoms with Gasteiger partial charge in [0.2, 0.25) is 5.75 Å². The molecule has 0 spiro atoms. The Hall–Kier alpha value is -3.06. The summed E-state index contributed by atoms with van der Waals surface area (Å²) >= 11 is 0. The van der Waals surface area contributed by atoms with Crippen molar-refractivity contribution in [1.82, 2.24) is 0 Å². The van der Waals surface area contributed by atoms with Crippen LogP contribution in [0.3, 0.4) is 0 Å². The van der Waals surface area contributed by atoms with E-state index in [-0.39, 0.29) is 17.9 Å². The number of hydrogen-bond acceptors (Lipinski definition) is 7. The molecule has 0 saturated carbocycles. The van der Waals surface area contributed by atoms with Gasteiger partial charge in [-0.05, 0) is 45.9 Å². The van der Waals surface area contributed by atoms with Crippen LogP contribution in [0.5, 0.6) is 5.75 Å². The van der Waals surface area contributed by atoms with Crippen molar-refractivity contribution < 1.29 is 28.2 Å². The zero-order valence-electron chi connectivity index (χ0n) is 16.1. The van der Waals surface area contributed by atoms with Crippen LogP contribution >= 0.6 is 0 Å². The van der Waals surface area contributed by atoms with E-state index >= 15 is 0 Å². The minimum atomic E-state index is -1.36. The molecular formula is C21H22O7. The summed E-state index contributed by atoms with van der Waals surface area (Å²) in [5.41, 5.74) is -0.503. The van der Waals surface area contributed by atoms with E-state index in [1.807, 2.05) is 6.07 Å². The van der Waals surface area contributed by atoms with Gasteiger partial charge in [-0.3, -0.25) is 0 Å². The van der Waals surface area contributed by atoms with Crippen LogP contribution in [0.15, 0.2) is 55.8 Å². The highest BCUT2D eigenvalue weighted by Crippen LogP contribution is 2.35. The fourth-order valence-electron chi connectivity index (χ4n) is 2.69. The topological polar surface area (TPSA) is 99.1 Å². The molecule has 0 aliphatic rings. The van der Waals surface area contributed by atoms with Crippen molar-refractivity contribution in [3.8, 4) is 5.75 Å². The van der Waals surface area contributed by atoms with Gasteiger partial charge in [-0.2, -0.15) is 0 Å². The third-order valence-electron chi connectivity index (χ3n) is 4.11. The van der Waals surface area contributed by atoms with Gasteiger partial charge in [0.05, 0.1) is 11.9 Å². The number of carbonyl (C=O) groups excluding carboxylic acids is 1. The van der Waals surface area contributed by atoms with E-state index in [9.17, 15) is 14.7 Å². The van der Waals surface area contributed by atoms with Crippen LogP contribution in [-0.4, -0.2) is 29.4 Å². The maximum Gasteiger partial charge on any atom is 0.336 e. The first-order valence-electron chi connectivity index (χ1n) is 8.80. The monoisotopic (exact) mass is 386 g/mol. The number of fused-ring (bicyclic) bond motifs is 2. The maximum atomic E-state index is 12.0. The number of esters is 1. The molecule has 0 saturated heterocycles. The number of allylic oxidation sites excluding steroid dienone is 1. The summed E-state index contributed by atoms with van der Waals surface area (Å²) in [6.07, 6.45) is 1.86. The number of hydrogen-bond donors (Lipinski definition) is 1. The molecule has 7 heteroatoms. The largest absolute Gasteiger partial charge is 0.482 e. The molecule has 148 valence electrons. The quantitative estimate of drug-likeness (QED) is 0.393. The van der Waals surface area contributed by atoms with Crippen molar-refractivity contribution in [3.05, 3.63) is 52.6 Å². The molecule has 2 heterocycles. The van der Waals surface area contributed by atoms with Crippen LogP contribution in [0, 0.1) is 0 Å². The van der Waals surface area contributed by atoms with Gasteiger partial charge in [0, 0.05) is 22.9 Å². The number of carbonyl (C=O) groups is 1. The van der Waals surface area contributed by atoms with E-state index in [4.69, 9.17) is 18.3 Å². The first-order chi connectivity index (χ1) is 13.1. The number of aliphatic hydroxyl groups is 1. The average molecular weight is 386 g/mol. The lowest BCUT2D eigenvalue weighted by molar-refractivity contribution is -0.159. The number of rotatable bonds is 6. The van der Waals surface area contributed by atoms with E-state index in [2.05, 4.69) is 0 Å². The van der Waals surface area contributed by atoms with Crippen LogP contribution < -0.4 is 10.4 Å². The van der Waals surface area contributed by atoms with Crippen molar-refractivity contribution in [1.29, 1.82) is 0 Å². The molecule has 0 aliphatic carbocycles. The van der Waals surface area contributed by atoms with Crippen molar-refractivity contribution in [2.75, 3.05) is 6.61 Å². The fourth-order valence-corrected chi connectivity index (χ4v) is 2.69. The summed E-state index contributed by atoms with van der Waals surface area (Å²) in [5, 5.41) is 11.8. The van der Waals surface area contributed by atoms with Gasteiger partial charge >= 0.3 is 11.6 Å². The Morgan fingerprint density at radius 2 is 1.93 bits per heavy atom. The number of benzene rings is 1. The molecule has 7 nitrogen and oxygen atoms in total. The number of furan rings is 1. The summed E-state index contributed by atoms with van der Waals surface area (Å²) in [7, 11) is 0. The first-order valence-corrected chi connectivity index (χ1v) is 8.80. The smallest absolute Gasteiger partial charge is 0.336 e. The predicted molar refractivity (Wildman–Crippen MR) is 103 cm³/mol. The van der Waals surface area contributed by atoms with E-state index in [1.165, 1.54) is 32.3 Å². The summed E-state index contributed by atoms with van der Waals surface area (Å²) in [6.45, 7) is 6.40. The zero-order chi connectivity index (χ0) is 20.5. The second-order valence-electron chi connectivity index (χ2n) is 7.33. The average Bonchev–Trinajstić information content (AvgIpc) is 3.04. The van der Waals surface area contributed by atoms with Crippen LogP contribution in [0.25, 0.3) is 21.9 Å². The van der Waals surface area contributed by atoms with Crippen molar-refractivity contribution in [3.63, 3.8) is 0 Å². The Labute approximate surface area is 161 Å². The van der Waals surface area contributed by atoms with Crippen LogP contribution in [0.2, 0.25) is 0 Å². The van der Waals surface area contributed by atoms with Crippen molar-refractivity contribution in [2.24, 2.45) is 0 Å². The molecule has 0 radical (unpaired) electrons. The van der Waals surface area contributed by atoms with Gasteiger partial charge in [-0.15, -0.1) is 0 Å². The lowest BCUT2D eigenvalue weighted by atomic mass is 10.0. The first kappa shape index (κ1) is 19.7. The molecule has 2 aromatic heterocycles. The molecule has 0 aliphatic heterocycles. The highest BCUT2D eigenvalue weighted by atomic mass is 16.6. The zero-order valence-corrected chi connectivity index (χ0v) is 16.1. The van der Waals surface area contributed by atoms with Gasteiger partial charge in [0.1, 0.15) is 6.61 Å². The maximum absolute atomic E-state index is 12.0. The summed E-state index contributed by atoms with van der Waals surface area (Å²) in [6, 6.07) is 6.52. The molecule has 0 fully saturated rings. The molecule has 3 aromatic rings. The Kier molecular flexibility index (Phi) is 5.29. The molecule has 3 rings (SSSR count). The highest BCUT2D eigenvalue weighted by molar-refractivity contribution is 5.99. The highest BCUT2D eigenvalue weighted by Gasteiger charge is 2.31. The molecule has 1 atom stereocenters. The van der Waals surface area contributed by atoms with E-state index in [0.717, 1.165) is 11.0 Å². The van der Waals surface area contributed by atoms with Crippen LogP contribution in [0.4, 0.5) is 0 Å². The second-order valence-corrected chi connectivity index (χ2v) is 7.33. The number of ether oxygens (including phenoxy) is 2. The van der Waals surface area contributed by atoms with Crippen molar-refractivity contribution in [2.45, 2.75) is 39.4 Å². The van der Waals surface area contributed by atoms with E-state index in [1.54, 1.807) is 26.0 Å². The minimum absolute atomic E-state index is 0.167. The van der Waals surface area contributed by atoms with E-state index < -0.39 is 23.3 Å². The normalized spacial score (nSPS) is 12.8. The predicted octanol–water partition coefficient (Wildman–Crippen LogP) is 3.57. The second kappa shape index (κ2) is 7.52. The fraction of sp³-hybridized carbons (Fsp3) is 0.333. The summed E-state index contributed by atoms with van der Waals surface area (Å²) < 4.78 is 22.0. The minimum Gasteiger partial charge on any atom is -0.482 e. The van der Waals surface area contributed by atoms with Crippen LogP contribution in [0.1, 0.15) is 27.7 Å². The van der Waals surface area contributed by atoms with Crippen LogP contribution in [-0.2, 0) is 9.53 Å². The summed E-state index contributed by atoms with van der Waals surface area (Å²) in [4.78, 5) is 23.7. The van der Waals surface area contributed by atoms with Gasteiger partial charge in [0.15, 0.2) is 17.3 Å². The third kappa shape index (κ3) is 4.26. The standard InChI is InChI=1S/C21H22O7/c1-12(2)9-17(23)27-15(21(3,4)24)11-26-20-18-14(7-8-25-18)10-13-5-6-16(22)28-19(13)20/h5-10,15,24H,11H2,1-4H3. The van der Waals surface area contributed by atoms with E-state index in [0.29, 0.717) is 11.0 Å². The van der Waals surface area contributed by atoms with Gasteiger partial charge in [-0.1, -0.05) is 5.57 Å². The Morgan fingerprint density at radius 1 is 1.21 bits per heavy atom. The molecule has 28 heavy (non-hydrogen) atoms. The Morgan fingerprint density at radius 3 is 2.61 bits per heavy atom. The molecule has 1 unspecified atom stereocenters. The molecular weight excluding hydrogens is 364 g/mol. The summed E-state index contributed by atoms with van der Waals surface area (Å²) in [5.74, 6) is -0.369. The Bertz CT molecular complexity index is 1090. The van der Waals surface area contributed by atoms with Gasteiger partial charge < -0.3 is 23.4 Å². The van der Waals surface area contributed by atoms with Crippen molar-refractivity contribution >= 4 is 27.9 Å². The third-order valence-corrected chi connectivity index (χ3v) is 4.11. The molecule has 0 amide bonds. The molecule has 1 aromatic carbocycles. The molecule has 1 N–H and O–H groups in total. The molecule has 0 bridgehead atoms. The SMILES string of the molecule is CC(C)=CC(=O)OC(COc1c2occc2cc2ccc(=O)oc12)C(C)(C)O. The lowest BCUT2D eigenvalue weighted by Gasteiger charge is -2.28. The lowest BCUT2D eigenvalue weighted by Crippen LogP contribution is -2.43. The Balaban J connectivity index is 1.96.